The number of hydrogen-bond acceptors (Lipinski definition) is 4. The molecule has 7 heteroatoms. The maximum Gasteiger partial charge on any atom is 0.260 e. The van der Waals surface area contributed by atoms with Crippen LogP contribution in [0, 0.1) is 0 Å². The summed E-state index contributed by atoms with van der Waals surface area (Å²) < 4.78 is 5.54. The number of imidazole rings is 1. The predicted octanol–water partition coefficient (Wildman–Crippen LogP) is 2.03. The van der Waals surface area contributed by atoms with Crippen molar-refractivity contribution < 1.29 is 9.53 Å². The van der Waals surface area contributed by atoms with Crippen LogP contribution < -0.4 is 4.74 Å². The fraction of sp³-hybridized carbons (Fsp3) is 0.375. The van der Waals surface area contributed by atoms with Crippen LogP contribution in [0.2, 0.25) is 5.02 Å². The molecule has 2 aromatic rings. The minimum Gasteiger partial charge on any atom is -0.482 e. The number of nitrogens with one attached hydrogen (secondary N) is 1. The number of nitrogens with zero attached hydrogens (tertiary/aromatic N) is 3. The first-order chi connectivity index (χ1) is 11.1. The maximum atomic E-state index is 12.5. The van der Waals surface area contributed by atoms with Crippen LogP contribution >= 0.6 is 11.6 Å². The van der Waals surface area contributed by atoms with Crippen LogP contribution in [0.1, 0.15) is 5.69 Å². The molecule has 0 saturated carbocycles. The molecule has 0 radical (unpaired) electrons. The molecule has 0 unspecified atom stereocenters. The lowest BCUT2D eigenvalue weighted by atomic mass is 10.3. The molecule has 1 N–H and O–H groups in total. The number of ether oxygens (including phenoxy) is 1. The van der Waals surface area contributed by atoms with E-state index in [2.05, 4.69) is 9.97 Å². The molecule has 0 atom stereocenters. The number of rotatable bonds is 8. The van der Waals surface area contributed by atoms with Gasteiger partial charge < -0.3 is 19.5 Å². The highest BCUT2D eigenvalue weighted by Gasteiger charge is 2.16. The molecule has 0 bridgehead atoms. The van der Waals surface area contributed by atoms with Gasteiger partial charge in [0.2, 0.25) is 0 Å². The highest BCUT2D eigenvalue weighted by Crippen LogP contribution is 2.23. The fourth-order valence-electron chi connectivity index (χ4n) is 1.98. The van der Waals surface area contributed by atoms with Gasteiger partial charge in [0.05, 0.1) is 23.6 Å². The summed E-state index contributed by atoms with van der Waals surface area (Å²) in [6, 6.07) is 7.11. The Hall–Kier alpha value is -2.05. The van der Waals surface area contributed by atoms with Gasteiger partial charge in [-0.15, -0.1) is 0 Å². The second-order valence-corrected chi connectivity index (χ2v) is 5.82. The monoisotopic (exact) mass is 336 g/mol. The number of benzene rings is 1. The molecular weight excluding hydrogens is 316 g/mol. The van der Waals surface area contributed by atoms with Gasteiger partial charge in [-0.25, -0.2) is 4.98 Å². The Balaban J connectivity index is 1.96. The van der Waals surface area contributed by atoms with E-state index in [-0.39, 0.29) is 12.5 Å². The van der Waals surface area contributed by atoms with E-state index in [0.717, 1.165) is 12.2 Å². The quantitative estimate of drug-likeness (QED) is 0.801. The Morgan fingerprint density at radius 2 is 2.09 bits per heavy atom. The Morgan fingerprint density at radius 3 is 2.74 bits per heavy atom. The zero-order chi connectivity index (χ0) is 16.7. The predicted molar refractivity (Wildman–Crippen MR) is 89.5 cm³/mol. The molecule has 2 rings (SSSR count). The first-order valence-electron chi connectivity index (χ1n) is 7.33. The summed E-state index contributed by atoms with van der Waals surface area (Å²) in [4.78, 5) is 23.2. The van der Waals surface area contributed by atoms with Crippen molar-refractivity contribution in [3.05, 3.63) is 47.5 Å². The number of likely N-dealkylation sites (N-methyl/N-ethyl adjacent to an activating group) is 1. The minimum absolute atomic E-state index is 0.0503. The van der Waals surface area contributed by atoms with Gasteiger partial charge >= 0.3 is 0 Å². The molecule has 0 saturated heterocycles. The third-order valence-electron chi connectivity index (χ3n) is 3.27. The van der Waals surface area contributed by atoms with Crippen LogP contribution in [0.4, 0.5) is 0 Å². The number of amides is 1. The Bertz CT molecular complexity index is 616. The molecule has 124 valence electrons. The van der Waals surface area contributed by atoms with Crippen LogP contribution in [0.15, 0.2) is 36.8 Å². The van der Waals surface area contributed by atoms with Crippen LogP contribution in [0.5, 0.6) is 5.75 Å². The van der Waals surface area contributed by atoms with Gasteiger partial charge in [0, 0.05) is 19.3 Å². The third kappa shape index (κ3) is 5.58. The first-order valence-corrected chi connectivity index (χ1v) is 7.71. The van der Waals surface area contributed by atoms with Gasteiger partial charge in [-0.3, -0.25) is 4.79 Å². The van der Waals surface area contributed by atoms with E-state index < -0.39 is 0 Å². The van der Waals surface area contributed by atoms with Gasteiger partial charge in [-0.05, 0) is 26.2 Å². The van der Waals surface area contributed by atoms with Gasteiger partial charge in [-0.2, -0.15) is 0 Å². The third-order valence-corrected chi connectivity index (χ3v) is 3.59. The van der Waals surface area contributed by atoms with E-state index in [4.69, 9.17) is 16.3 Å². The average Bonchev–Trinajstić information content (AvgIpc) is 3.03. The van der Waals surface area contributed by atoms with Crippen molar-refractivity contribution in [3.63, 3.8) is 0 Å². The van der Waals surface area contributed by atoms with Crippen molar-refractivity contribution in [1.29, 1.82) is 0 Å². The van der Waals surface area contributed by atoms with Crippen molar-refractivity contribution in [2.75, 3.05) is 33.8 Å². The lowest BCUT2D eigenvalue weighted by Crippen LogP contribution is -2.39. The summed E-state index contributed by atoms with van der Waals surface area (Å²) in [5.74, 6) is 0.415. The van der Waals surface area contributed by atoms with E-state index in [1.54, 1.807) is 29.6 Å². The maximum absolute atomic E-state index is 12.5. The summed E-state index contributed by atoms with van der Waals surface area (Å²) >= 11 is 6.04. The number of aromatic nitrogens is 2. The molecule has 23 heavy (non-hydrogen) atoms. The van der Waals surface area contributed by atoms with Crippen LogP contribution in [0.3, 0.4) is 0 Å². The van der Waals surface area contributed by atoms with Gasteiger partial charge in [0.25, 0.3) is 5.91 Å². The van der Waals surface area contributed by atoms with E-state index >= 15 is 0 Å². The minimum atomic E-state index is -0.0960. The Kier molecular flexibility index (Phi) is 6.43. The van der Waals surface area contributed by atoms with Crippen molar-refractivity contribution in [1.82, 2.24) is 19.8 Å². The van der Waals surface area contributed by atoms with Crippen LogP contribution in [-0.2, 0) is 11.3 Å². The molecular formula is C16H21ClN4O2. The molecule has 1 amide bonds. The molecule has 0 aliphatic heterocycles. The Labute approximate surface area is 141 Å². The van der Waals surface area contributed by atoms with E-state index in [9.17, 15) is 4.79 Å². The molecule has 0 spiro atoms. The van der Waals surface area contributed by atoms with Gasteiger partial charge in [-0.1, -0.05) is 23.7 Å². The zero-order valence-electron chi connectivity index (χ0n) is 13.3. The van der Waals surface area contributed by atoms with Crippen molar-refractivity contribution in [3.8, 4) is 5.75 Å². The molecule has 0 fully saturated rings. The van der Waals surface area contributed by atoms with Crippen LogP contribution in [0.25, 0.3) is 0 Å². The lowest BCUT2D eigenvalue weighted by molar-refractivity contribution is -0.134. The van der Waals surface area contributed by atoms with Gasteiger partial charge in [0.15, 0.2) is 6.61 Å². The number of halogens is 1. The number of carbonyl (C=O) groups is 1. The first kappa shape index (κ1) is 17.3. The number of carbonyl (C=O) groups excluding carboxylic acids is 1. The number of H-pyrrole nitrogens is 1. The summed E-state index contributed by atoms with van der Waals surface area (Å²) in [5, 5.41) is 0.494. The molecule has 1 aromatic carbocycles. The molecule has 1 aromatic heterocycles. The number of para-hydroxylation sites is 1. The molecule has 0 aliphatic rings. The SMILES string of the molecule is CN(C)CCN(Cc1cnc[nH]1)C(=O)COc1ccccc1Cl. The summed E-state index contributed by atoms with van der Waals surface area (Å²) in [6.07, 6.45) is 3.31. The van der Waals surface area contributed by atoms with Crippen molar-refractivity contribution in [2.45, 2.75) is 6.54 Å². The normalized spacial score (nSPS) is 10.8. The second-order valence-electron chi connectivity index (χ2n) is 5.41. The standard InChI is InChI=1S/C16H21ClN4O2/c1-20(2)7-8-21(10-13-9-18-12-19-13)16(22)11-23-15-6-4-3-5-14(15)17/h3-6,9,12H,7-8,10-11H2,1-2H3,(H,18,19). The van der Waals surface area contributed by atoms with Crippen molar-refractivity contribution in [2.24, 2.45) is 0 Å². The van der Waals surface area contributed by atoms with E-state index in [1.807, 2.05) is 31.1 Å². The molecule has 0 aliphatic carbocycles. The molecule has 6 nitrogen and oxygen atoms in total. The topological polar surface area (TPSA) is 61.5 Å². The number of aromatic amines is 1. The Morgan fingerprint density at radius 1 is 1.30 bits per heavy atom. The highest BCUT2D eigenvalue weighted by atomic mass is 35.5. The summed E-state index contributed by atoms with van der Waals surface area (Å²) in [6.45, 7) is 1.80. The smallest absolute Gasteiger partial charge is 0.260 e. The molecule has 1 heterocycles. The average molecular weight is 337 g/mol. The van der Waals surface area contributed by atoms with Gasteiger partial charge in [0.1, 0.15) is 5.75 Å². The highest BCUT2D eigenvalue weighted by molar-refractivity contribution is 6.32. The lowest BCUT2D eigenvalue weighted by Gasteiger charge is -2.24. The number of hydrogen-bond donors (Lipinski definition) is 1. The summed E-state index contributed by atoms with van der Waals surface area (Å²) in [5.41, 5.74) is 0.884. The zero-order valence-corrected chi connectivity index (χ0v) is 14.1. The second kappa shape index (κ2) is 8.55. The fourth-order valence-corrected chi connectivity index (χ4v) is 2.17. The van der Waals surface area contributed by atoms with E-state index in [1.165, 1.54) is 0 Å². The summed E-state index contributed by atoms with van der Waals surface area (Å²) in [7, 11) is 3.94. The van der Waals surface area contributed by atoms with E-state index in [0.29, 0.717) is 23.9 Å². The van der Waals surface area contributed by atoms with Crippen LogP contribution in [-0.4, -0.2) is 59.5 Å². The largest absolute Gasteiger partial charge is 0.482 e. The van der Waals surface area contributed by atoms with Crippen molar-refractivity contribution >= 4 is 17.5 Å².